The SMILES string of the molecule is Cc1cc(N=C(Cl)C(F)(F)F)ccc1[N+](=O)[O-]. The summed E-state index contributed by atoms with van der Waals surface area (Å²) in [5.41, 5.74) is -0.0644. The van der Waals surface area contributed by atoms with Crippen LogP contribution in [0.3, 0.4) is 0 Å². The molecule has 1 aromatic rings. The van der Waals surface area contributed by atoms with Gasteiger partial charge in [0.1, 0.15) is 0 Å². The van der Waals surface area contributed by atoms with E-state index in [2.05, 4.69) is 4.99 Å². The molecule has 0 aromatic heterocycles. The molecule has 1 aromatic carbocycles. The van der Waals surface area contributed by atoms with Crippen LogP contribution in [0.25, 0.3) is 0 Å². The summed E-state index contributed by atoms with van der Waals surface area (Å²) in [4.78, 5) is 13.0. The van der Waals surface area contributed by atoms with Crippen molar-refractivity contribution in [1.29, 1.82) is 0 Å². The lowest BCUT2D eigenvalue weighted by atomic mass is 10.2. The Hall–Kier alpha value is -1.63. The Balaban J connectivity index is 3.12. The maximum atomic E-state index is 12.1. The molecule has 0 atom stereocenters. The van der Waals surface area contributed by atoms with Crippen molar-refractivity contribution in [1.82, 2.24) is 0 Å². The van der Waals surface area contributed by atoms with Crippen LogP contribution in [-0.4, -0.2) is 16.3 Å². The van der Waals surface area contributed by atoms with Gasteiger partial charge in [-0.1, -0.05) is 11.6 Å². The molecule has 0 aliphatic rings. The van der Waals surface area contributed by atoms with Gasteiger partial charge in [-0.05, 0) is 19.1 Å². The van der Waals surface area contributed by atoms with Crippen molar-refractivity contribution in [3.63, 3.8) is 0 Å². The summed E-state index contributed by atoms with van der Waals surface area (Å²) in [5.74, 6) is 0. The van der Waals surface area contributed by atoms with Crippen LogP contribution >= 0.6 is 11.6 Å². The van der Waals surface area contributed by atoms with Crippen molar-refractivity contribution in [2.45, 2.75) is 13.1 Å². The summed E-state index contributed by atoms with van der Waals surface area (Å²) in [5, 5.41) is 8.96. The normalized spacial score (nSPS) is 12.6. The Labute approximate surface area is 98.9 Å². The predicted molar refractivity (Wildman–Crippen MR) is 56.8 cm³/mol. The van der Waals surface area contributed by atoms with Gasteiger partial charge in [0.2, 0.25) is 5.17 Å². The molecule has 0 amide bonds. The molecule has 17 heavy (non-hydrogen) atoms. The van der Waals surface area contributed by atoms with Crippen LogP contribution in [0.1, 0.15) is 5.56 Å². The third-order valence-electron chi connectivity index (χ3n) is 1.84. The maximum Gasteiger partial charge on any atom is 0.444 e. The van der Waals surface area contributed by atoms with Crippen LogP contribution in [0.15, 0.2) is 23.2 Å². The second-order valence-electron chi connectivity index (χ2n) is 3.13. The highest BCUT2D eigenvalue weighted by Gasteiger charge is 2.34. The average Bonchev–Trinajstić information content (AvgIpc) is 2.15. The van der Waals surface area contributed by atoms with Gasteiger partial charge in [-0.3, -0.25) is 10.1 Å². The van der Waals surface area contributed by atoms with E-state index in [1.165, 1.54) is 6.92 Å². The Kier molecular flexibility index (Phi) is 3.72. The fraction of sp³-hybridized carbons (Fsp3) is 0.222. The predicted octanol–water partition coefficient (Wildman–Crippen LogP) is 3.73. The fourth-order valence-corrected chi connectivity index (χ4v) is 1.19. The number of nitro groups is 1. The van der Waals surface area contributed by atoms with Crippen LogP contribution in [0.2, 0.25) is 0 Å². The van der Waals surface area contributed by atoms with E-state index in [1.807, 2.05) is 0 Å². The number of hydrogen-bond acceptors (Lipinski definition) is 3. The monoisotopic (exact) mass is 266 g/mol. The molecule has 0 saturated carbocycles. The smallest absolute Gasteiger partial charge is 0.258 e. The zero-order valence-corrected chi connectivity index (χ0v) is 9.21. The molecule has 0 heterocycles. The van der Waals surface area contributed by atoms with E-state index in [4.69, 9.17) is 11.6 Å². The van der Waals surface area contributed by atoms with E-state index in [-0.39, 0.29) is 16.9 Å². The lowest BCUT2D eigenvalue weighted by Crippen LogP contribution is -2.16. The molecule has 4 nitrogen and oxygen atoms in total. The molecular weight excluding hydrogens is 261 g/mol. The van der Waals surface area contributed by atoms with Gasteiger partial charge in [-0.15, -0.1) is 0 Å². The van der Waals surface area contributed by atoms with Gasteiger partial charge in [-0.25, -0.2) is 4.99 Å². The summed E-state index contributed by atoms with van der Waals surface area (Å²) in [6.07, 6.45) is -4.72. The second kappa shape index (κ2) is 4.70. The van der Waals surface area contributed by atoms with E-state index < -0.39 is 16.3 Å². The minimum Gasteiger partial charge on any atom is -0.258 e. The molecule has 0 bridgehead atoms. The Bertz CT molecular complexity index is 486. The first-order valence-corrected chi connectivity index (χ1v) is 4.66. The van der Waals surface area contributed by atoms with Crippen molar-refractivity contribution < 1.29 is 18.1 Å². The number of nitro benzene ring substituents is 1. The van der Waals surface area contributed by atoms with Gasteiger partial charge >= 0.3 is 6.18 Å². The number of nitrogens with zero attached hydrogens (tertiary/aromatic N) is 2. The summed E-state index contributed by atoms with van der Waals surface area (Å²) < 4.78 is 36.2. The van der Waals surface area contributed by atoms with Gasteiger partial charge in [-0.2, -0.15) is 13.2 Å². The summed E-state index contributed by atoms with van der Waals surface area (Å²) in [6, 6.07) is 3.33. The quantitative estimate of drug-likeness (QED) is 0.465. The number of benzene rings is 1. The van der Waals surface area contributed by atoms with E-state index in [0.29, 0.717) is 0 Å². The Morgan fingerprint density at radius 2 is 2.06 bits per heavy atom. The van der Waals surface area contributed by atoms with E-state index in [0.717, 1.165) is 18.2 Å². The lowest BCUT2D eigenvalue weighted by molar-refractivity contribution is -0.385. The zero-order valence-electron chi connectivity index (χ0n) is 8.45. The largest absolute Gasteiger partial charge is 0.444 e. The number of halogens is 4. The topological polar surface area (TPSA) is 55.5 Å². The molecule has 0 saturated heterocycles. The molecular formula is C9H6ClF3N2O2. The Morgan fingerprint density at radius 3 is 2.47 bits per heavy atom. The number of aliphatic imine (C=N–C) groups is 1. The standard InChI is InChI=1S/C9H6ClF3N2O2/c1-5-4-6(2-3-7(5)15(16)17)14-8(10)9(11,12)13/h2-4H,1H3. The number of hydrogen-bond donors (Lipinski definition) is 0. The number of alkyl halides is 3. The third-order valence-corrected chi connectivity index (χ3v) is 2.14. The molecule has 8 heteroatoms. The van der Waals surface area contributed by atoms with E-state index in [9.17, 15) is 23.3 Å². The van der Waals surface area contributed by atoms with Gasteiger partial charge in [0.15, 0.2) is 0 Å². The first-order chi connectivity index (χ1) is 7.71. The van der Waals surface area contributed by atoms with Crippen LogP contribution in [0.5, 0.6) is 0 Å². The molecule has 0 fully saturated rings. The average molecular weight is 267 g/mol. The summed E-state index contributed by atoms with van der Waals surface area (Å²) in [6.45, 7) is 1.40. The molecule has 0 aliphatic heterocycles. The Morgan fingerprint density at radius 1 is 1.47 bits per heavy atom. The van der Waals surface area contributed by atoms with Crippen molar-refractivity contribution in [3.8, 4) is 0 Å². The minimum absolute atomic E-state index is 0.0876. The van der Waals surface area contributed by atoms with Crippen molar-refractivity contribution in [3.05, 3.63) is 33.9 Å². The second-order valence-corrected chi connectivity index (χ2v) is 3.49. The molecule has 0 unspecified atom stereocenters. The lowest BCUT2D eigenvalue weighted by Gasteiger charge is -2.03. The third kappa shape index (κ3) is 3.42. The highest BCUT2D eigenvalue weighted by Crippen LogP contribution is 2.27. The van der Waals surface area contributed by atoms with E-state index >= 15 is 0 Å². The molecule has 1 rings (SSSR count). The van der Waals surface area contributed by atoms with Crippen LogP contribution in [-0.2, 0) is 0 Å². The molecule has 0 aliphatic carbocycles. The first kappa shape index (κ1) is 13.4. The molecule has 0 spiro atoms. The zero-order chi connectivity index (χ0) is 13.2. The van der Waals surface area contributed by atoms with Gasteiger partial charge in [0.25, 0.3) is 5.69 Å². The maximum absolute atomic E-state index is 12.1. The van der Waals surface area contributed by atoms with Crippen LogP contribution < -0.4 is 0 Å². The van der Waals surface area contributed by atoms with Crippen molar-refractivity contribution >= 4 is 28.1 Å². The summed E-state index contributed by atoms with van der Waals surface area (Å²) in [7, 11) is 0. The highest BCUT2D eigenvalue weighted by molar-refractivity contribution is 6.67. The first-order valence-electron chi connectivity index (χ1n) is 4.28. The van der Waals surface area contributed by atoms with Crippen LogP contribution in [0, 0.1) is 17.0 Å². The van der Waals surface area contributed by atoms with Crippen molar-refractivity contribution in [2.75, 3.05) is 0 Å². The number of aryl methyl sites for hydroxylation is 1. The molecule has 92 valence electrons. The van der Waals surface area contributed by atoms with E-state index in [1.54, 1.807) is 0 Å². The van der Waals surface area contributed by atoms with Crippen molar-refractivity contribution in [2.24, 2.45) is 4.99 Å². The van der Waals surface area contributed by atoms with Gasteiger partial charge in [0.05, 0.1) is 10.6 Å². The van der Waals surface area contributed by atoms with Gasteiger partial charge < -0.3 is 0 Å². The number of rotatable bonds is 2. The fourth-order valence-electron chi connectivity index (χ4n) is 1.09. The highest BCUT2D eigenvalue weighted by atomic mass is 35.5. The molecule has 0 N–H and O–H groups in total. The van der Waals surface area contributed by atoms with Crippen LogP contribution in [0.4, 0.5) is 24.5 Å². The summed E-state index contributed by atoms with van der Waals surface area (Å²) >= 11 is 4.94. The van der Waals surface area contributed by atoms with Gasteiger partial charge in [0, 0.05) is 11.6 Å². The molecule has 0 radical (unpaired) electrons. The minimum atomic E-state index is -4.72.